The van der Waals surface area contributed by atoms with Gasteiger partial charge in [-0.2, -0.15) is 0 Å². The number of nitrogens with one attached hydrogen (secondary N) is 2. The van der Waals surface area contributed by atoms with Gasteiger partial charge >= 0.3 is 0 Å². The second-order valence-corrected chi connectivity index (χ2v) is 23.5. The molecule has 0 saturated carbocycles. The van der Waals surface area contributed by atoms with Crippen molar-refractivity contribution in [2.24, 2.45) is 0 Å². The van der Waals surface area contributed by atoms with E-state index in [2.05, 4.69) is 57.3 Å². The van der Waals surface area contributed by atoms with E-state index in [1.54, 1.807) is 0 Å². The Balaban J connectivity index is 4.95. The molecule has 2 N–H and O–H groups in total. The lowest BCUT2D eigenvalue weighted by atomic mass is 9.99. The van der Waals surface area contributed by atoms with Crippen LogP contribution < -0.4 is 10.6 Å². The van der Waals surface area contributed by atoms with Gasteiger partial charge in [-0.05, 0) is 90.3 Å². The first kappa shape index (κ1) is 66.8. The molecule has 9 nitrogen and oxygen atoms in total. The summed E-state index contributed by atoms with van der Waals surface area (Å²) >= 11 is 0. The van der Waals surface area contributed by atoms with Gasteiger partial charge in [-0.25, -0.2) is 8.42 Å². The van der Waals surface area contributed by atoms with E-state index >= 15 is 0 Å². The number of carbonyl (C=O) groups excluding carboxylic acids is 2. The van der Waals surface area contributed by atoms with Gasteiger partial charge in [0.25, 0.3) is 0 Å². The lowest BCUT2D eigenvalue weighted by Crippen LogP contribution is -2.41. The van der Waals surface area contributed by atoms with Gasteiger partial charge in [0.2, 0.25) is 11.8 Å². The third-order valence-electron chi connectivity index (χ3n) is 14.5. The van der Waals surface area contributed by atoms with Crippen LogP contribution in [0.15, 0.2) is 0 Å². The summed E-state index contributed by atoms with van der Waals surface area (Å²) in [6.07, 6.45) is 49.5. The molecule has 0 fully saturated rings. The van der Waals surface area contributed by atoms with E-state index in [0.29, 0.717) is 37.9 Å². The summed E-state index contributed by atoms with van der Waals surface area (Å²) in [5.41, 5.74) is 0. The number of carbonyl (C=O) groups is 2. The number of unbranched alkanes of at least 4 members (excludes halogenated alkanes) is 28. The molecule has 0 aromatic rings. The molecule has 10 heteroatoms. The minimum Gasteiger partial charge on any atom is -0.748 e. The SMILES string of the molecule is CCCCCCCCC(CCCCCCCC)NC(=O)CCCCCCCN(CCCCCC(=O)NC(CCCCCCCC)CCCCCCCC)CCCCC[N+](C)(C)CCCS(=O)(=O)[O-]. The van der Waals surface area contributed by atoms with Crippen molar-refractivity contribution in [3.05, 3.63) is 0 Å². The highest BCUT2D eigenvalue weighted by Gasteiger charge is 2.17. The Morgan fingerprint density at radius 3 is 1.04 bits per heavy atom. The van der Waals surface area contributed by atoms with E-state index < -0.39 is 10.1 Å². The zero-order valence-electron chi connectivity index (χ0n) is 46.4. The van der Waals surface area contributed by atoms with Gasteiger partial charge in [0.15, 0.2) is 0 Å². The van der Waals surface area contributed by atoms with E-state index in [1.807, 2.05) is 0 Å². The summed E-state index contributed by atoms with van der Waals surface area (Å²) < 4.78 is 34.0. The molecule has 0 aromatic heterocycles. The van der Waals surface area contributed by atoms with Crippen LogP contribution in [-0.2, 0) is 19.7 Å². The van der Waals surface area contributed by atoms with Gasteiger partial charge < -0.3 is 24.6 Å². The molecule has 0 aliphatic carbocycles. The van der Waals surface area contributed by atoms with Gasteiger partial charge in [-0.15, -0.1) is 0 Å². The third kappa shape index (κ3) is 48.4. The highest BCUT2D eigenvalue weighted by atomic mass is 32.2. The fraction of sp³-hybridized carbons (Fsp3) is 0.966. The molecule has 0 aliphatic heterocycles. The van der Waals surface area contributed by atoms with Crippen molar-refractivity contribution in [1.29, 1.82) is 0 Å². The van der Waals surface area contributed by atoms with E-state index in [4.69, 9.17) is 0 Å². The van der Waals surface area contributed by atoms with Crippen LogP contribution >= 0.6 is 0 Å². The number of nitrogens with zero attached hydrogens (tertiary/aromatic N) is 2. The molecular formula is C58H118N4O5S. The average Bonchev–Trinajstić information content (AvgIpc) is 3.29. The Hall–Kier alpha value is -1.23. The Kier molecular flexibility index (Phi) is 47.2. The van der Waals surface area contributed by atoms with Crippen LogP contribution in [0.5, 0.6) is 0 Å². The minimum absolute atomic E-state index is 0.249. The topological polar surface area (TPSA) is 119 Å². The summed E-state index contributed by atoms with van der Waals surface area (Å²) in [5, 5.41) is 6.93. The maximum absolute atomic E-state index is 13.2. The first-order valence-corrected chi connectivity index (χ1v) is 31.5. The Morgan fingerprint density at radius 2 is 0.691 bits per heavy atom. The zero-order valence-corrected chi connectivity index (χ0v) is 47.3. The molecule has 0 bridgehead atoms. The molecule has 0 atom stereocenters. The van der Waals surface area contributed by atoms with E-state index in [9.17, 15) is 22.6 Å². The average molecular weight is 984 g/mol. The fourth-order valence-electron chi connectivity index (χ4n) is 9.98. The molecule has 68 heavy (non-hydrogen) atoms. The standard InChI is InChI=1S/C58H118N4O5S/c1-7-11-15-19-24-32-43-55(44-33-25-20-16-12-8-2)59-57(63)47-36-28-23-29-38-49-61(51-40-31-41-52-62(5,6)53-42-54-68(65,66)67)50-39-30-37-48-58(64)60-56(45-34-26-21-17-13-9-3)46-35-27-22-18-14-10-4/h55-56H,7-54H2,1-6H3,(H2-,59,60,63,64,65,66,67). The van der Waals surface area contributed by atoms with Crippen molar-refractivity contribution in [2.75, 3.05) is 52.6 Å². The lowest BCUT2D eigenvalue weighted by Gasteiger charge is -2.30. The summed E-state index contributed by atoms with van der Waals surface area (Å²) in [7, 11) is 0.110. The Labute approximate surface area is 424 Å². The van der Waals surface area contributed by atoms with E-state index in [0.717, 1.165) is 108 Å². The zero-order chi connectivity index (χ0) is 50.2. The number of hydrogen-bond donors (Lipinski definition) is 2. The first-order valence-electron chi connectivity index (χ1n) is 29.9. The molecule has 0 radical (unpaired) electrons. The molecule has 0 heterocycles. The monoisotopic (exact) mass is 983 g/mol. The molecular weight excluding hydrogens is 865 g/mol. The van der Waals surface area contributed by atoms with Crippen LogP contribution in [0.25, 0.3) is 0 Å². The maximum Gasteiger partial charge on any atom is 0.220 e. The normalized spacial score (nSPS) is 12.3. The van der Waals surface area contributed by atoms with Gasteiger partial charge in [0, 0.05) is 37.1 Å². The van der Waals surface area contributed by atoms with Crippen molar-refractivity contribution in [3.8, 4) is 0 Å². The van der Waals surface area contributed by atoms with Gasteiger partial charge in [0.05, 0.1) is 37.3 Å². The largest absolute Gasteiger partial charge is 0.748 e. The molecule has 2 amide bonds. The van der Waals surface area contributed by atoms with Crippen molar-refractivity contribution in [3.63, 3.8) is 0 Å². The fourth-order valence-corrected chi connectivity index (χ4v) is 10.5. The van der Waals surface area contributed by atoms with E-state index in [1.165, 1.54) is 173 Å². The highest BCUT2D eigenvalue weighted by molar-refractivity contribution is 7.85. The molecule has 0 aromatic carbocycles. The summed E-state index contributed by atoms with van der Waals surface area (Å²) in [4.78, 5) is 28.9. The van der Waals surface area contributed by atoms with Crippen molar-refractivity contribution < 1.29 is 27.0 Å². The molecule has 0 unspecified atom stereocenters. The minimum atomic E-state index is -4.15. The first-order chi connectivity index (χ1) is 32.9. The Bertz CT molecular complexity index is 1180. The van der Waals surface area contributed by atoms with Crippen LogP contribution in [0, 0.1) is 0 Å². The van der Waals surface area contributed by atoms with Gasteiger partial charge in [-0.1, -0.05) is 207 Å². The molecule has 406 valence electrons. The molecule has 0 spiro atoms. The molecule has 0 rings (SSSR count). The summed E-state index contributed by atoms with van der Waals surface area (Å²) in [5.74, 6) is 0.231. The van der Waals surface area contributed by atoms with Crippen LogP contribution in [-0.4, -0.2) is 98.8 Å². The number of hydrogen-bond acceptors (Lipinski definition) is 6. The maximum atomic E-state index is 13.2. The second kappa shape index (κ2) is 48.1. The third-order valence-corrected chi connectivity index (χ3v) is 15.3. The second-order valence-electron chi connectivity index (χ2n) is 22.0. The quantitative estimate of drug-likeness (QED) is 0.0356. The Morgan fingerprint density at radius 1 is 0.412 bits per heavy atom. The van der Waals surface area contributed by atoms with Crippen LogP contribution in [0.4, 0.5) is 0 Å². The predicted octanol–water partition coefficient (Wildman–Crippen LogP) is 15.3. The summed E-state index contributed by atoms with van der Waals surface area (Å²) in [6.45, 7) is 14.0. The van der Waals surface area contributed by atoms with Gasteiger partial charge in [-0.3, -0.25) is 9.59 Å². The van der Waals surface area contributed by atoms with Crippen LogP contribution in [0.2, 0.25) is 0 Å². The van der Waals surface area contributed by atoms with Crippen molar-refractivity contribution >= 4 is 21.9 Å². The smallest absolute Gasteiger partial charge is 0.220 e. The van der Waals surface area contributed by atoms with Crippen molar-refractivity contribution in [2.45, 2.75) is 309 Å². The highest BCUT2D eigenvalue weighted by Crippen LogP contribution is 2.18. The van der Waals surface area contributed by atoms with Crippen LogP contribution in [0.3, 0.4) is 0 Å². The molecule has 0 saturated heterocycles. The lowest BCUT2D eigenvalue weighted by molar-refractivity contribution is -0.890. The number of quaternary nitrogens is 1. The molecule has 0 aliphatic rings. The van der Waals surface area contributed by atoms with E-state index in [-0.39, 0.29) is 17.6 Å². The summed E-state index contributed by atoms with van der Waals surface area (Å²) in [6, 6.07) is 0.675. The predicted molar refractivity (Wildman–Crippen MR) is 293 cm³/mol. The van der Waals surface area contributed by atoms with Gasteiger partial charge in [0.1, 0.15) is 0 Å². The number of rotatable bonds is 54. The van der Waals surface area contributed by atoms with Crippen LogP contribution in [0.1, 0.15) is 297 Å². The van der Waals surface area contributed by atoms with Crippen molar-refractivity contribution in [1.82, 2.24) is 15.5 Å². The number of amides is 2.